The Kier molecular flexibility index (Phi) is 3.76. The van der Waals surface area contributed by atoms with Gasteiger partial charge in [0.05, 0.1) is 12.7 Å². The van der Waals surface area contributed by atoms with Crippen LogP contribution in [0.15, 0.2) is 0 Å². The molecule has 2 nitrogen and oxygen atoms in total. The predicted molar refractivity (Wildman–Crippen MR) is 39.3 cm³/mol. The lowest BCUT2D eigenvalue weighted by molar-refractivity contribution is -0.275. The van der Waals surface area contributed by atoms with Crippen molar-refractivity contribution in [2.75, 3.05) is 6.61 Å². The van der Waals surface area contributed by atoms with E-state index < -0.39 is 0 Å². The van der Waals surface area contributed by atoms with E-state index in [2.05, 4.69) is 6.92 Å². The minimum atomic E-state index is 0.367. The summed E-state index contributed by atoms with van der Waals surface area (Å²) in [6.45, 7) is 4.55. The van der Waals surface area contributed by atoms with Gasteiger partial charge in [-0.15, -0.1) is 0 Å². The molecule has 2 heteroatoms. The van der Waals surface area contributed by atoms with Crippen LogP contribution in [0.5, 0.6) is 0 Å². The fourth-order valence-electron chi connectivity index (χ4n) is 1.11. The Bertz CT molecular complexity index is 77.3. The standard InChI is InChI=1S/C8H15O2/c1-2-3-4-5-8-6-7-9-10-8/h8H,1-7H2. The summed E-state index contributed by atoms with van der Waals surface area (Å²) in [6.07, 6.45) is 6.03. The highest BCUT2D eigenvalue weighted by Crippen LogP contribution is 2.15. The van der Waals surface area contributed by atoms with Crippen molar-refractivity contribution >= 4 is 0 Å². The lowest BCUT2D eigenvalue weighted by Crippen LogP contribution is -2.03. The van der Waals surface area contributed by atoms with E-state index in [0.717, 1.165) is 25.9 Å². The molecule has 0 amide bonds. The summed E-state index contributed by atoms with van der Waals surface area (Å²) in [4.78, 5) is 9.75. The molecule has 10 heavy (non-hydrogen) atoms. The first-order valence-electron chi connectivity index (χ1n) is 4.01. The number of hydrogen-bond acceptors (Lipinski definition) is 2. The second kappa shape index (κ2) is 4.69. The van der Waals surface area contributed by atoms with Crippen LogP contribution in [-0.2, 0) is 9.78 Å². The van der Waals surface area contributed by atoms with Gasteiger partial charge in [0.25, 0.3) is 0 Å². The molecule has 0 aromatic heterocycles. The molecule has 1 fully saturated rings. The third kappa shape index (κ3) is 2.67. The molecule has 1 rings (SSSR count). The lowest BCUT2D eigenvalue weighted by Gasteiger charge is -2.04. The van der Waals surface area contributed by atoms with E-state index >= 15 is 0 Å². The second-order valence-corrected chi connectivity index (χ2v) is 2.68. The average Bonchev–Trinajstić information content (AvgIpc) is 2.41. The highest BCUT2D eigenvalue weighted by Gasteiger charge is 2.15. The van der Waals surface area contributed by atoms with Crippen molar-refractivity contribution in [1.29, 1.82) is 0 Å². The summed E-state index contributed by atoms with van der Waals surface area (Å²) in [5.74, 6) is 0. The van der Waals surface area contributed by atoms with Crippen LogP contribution in [0.25, 0.3) is 0 Å². The Morgan fingerprint density at radius 2 is 2.30 bits per heavy atom. The van der Waals surface area contributed by atoms with Gasteiger partial charge in [-0.1, -0.05) is 26.2 Å². The van der Waals surface area contributed by atoms with E-state index in [1.807, 2.05) is 0 Å². The fourth-order valence-corrected chi connectivity index (χ4v) is 1.11. The van der Waals surface area contributed by atoms with Crippen molar-refractivity contribution in [1.82, 2.24) is 0 Å². The molecule has 0 aliphatic carbocycles. The maximum absolute atomic E-state index is 4.98. The Morgan fingerprint density at radius 3 is 2.90 bits per heavy atom. The van der Waals surface area contributed by atoms with Gasteiger partial charge in [0, 0.05) is 6.42 Å². The van der Waals surface area contributed by atoms with E-state index in [0.29, 0.717) is 6.10 Å². The SMILES string of the molecule is [CH2]CCCCC1CCOO1. The first kappa shape index (κ1) is 8.02. The van der Waals surface area contributed by atoms with Gasteiger partial charge < -0.3 is 0 Å². The first-order chi connectivity index (χ1) is 4.93. The number of unbranched alkanes of at least 4 members (excludes halogenated alkanes) is 2. The van der Waals surface area contributed by atoms with Crippen LogP contribution in [0.3, 0.4) is 0 Å². The molecule has 1 aliphatic heterocycles. The molecule has 59 valence electrons. The van der Waals surface area contributed by atoms with Crippen LogP contribution in [0.1, 0.15) is 32.1 Å². The molecule has 0 N–H and O–H groups in total. The second-order valence-electron chi connectivity index (χ2n) is 2.68. The maximum atomic E-state index is 4.98. The molecular formula is C8H15O2. The number of rotatable bonds is 4. The average molecular weight is 143 g/mol. The molecule has 1 radical (unpaired) electrons. The third-order valence-corrected chi connectivity index (χ3v) is 1.75. The zero-order chi connectivity index (χ0) is 7.23. The van der Waals surface area contributed by atoms with Crippen molar-refractivity contribution in [2.24, 2.45) is 0 Å². The molecule has 0 spiro atoms. The molecular weight excluding hydrogens is 128 g/mol. The highest BCUT2D eigenvalue weighted by molar-refractivity contribution is 4.59. The fraction of sp³-hybridized carbons (Fsp3) is 0.875. The minimum absolute atomic E-state index is 0.367. The van der Waals surface area contributed by atoms with Gasteiger partial charge in [-0.3, -0.25) is 0 Å². The quantitative estimate of drug-likeness (QED) is 0.443. The zero-order valence-corrected chi connectivity index (χ0v) is 6.34. The van der Waals surface area contributed by atoms with Crippen LogP contribution in [0, 0.1) is 6.92 Å². The third-order valence-electron chi connectivity index (χ3n) is 1.75. The van der Waals surface area contributed by atoms with Gasteiger partial charge in [0.1, 0.15) is 0 Å². The maximum Gasteiger partial charge on any atom is 0.0953 e. The molecule has 0 saturated carbocycles. The van der Waals surface area contributed by atoms with E-state index in [-0.39, 0.29) is 0 Å². The van der Waals surface area contributed by atoms with Gasteiger partial charge in [-0.05, 0) is 6.42 Å². The van der Waals surface area contributed by atoms with Crippen molar-refractivity contribution in [3.8, 4) is 0 Å². The summed E-state index contributed by atoms with van der Waals surface area (Å²) in [5, 5.41) is 0. The number of hydrogen-bond donors (Lipinski definition) is 0. The van der Waals surface area contributed by atoms with Crippen LogP contribution in [0.4, 0.5) is 0 Å². The molecule has 1 unspecified atom stereocenters. The van der Waals surface area contributed by atoms with Gasteiger partial charge in [0.2, 0.25) is 0 Å². The van der Waals surface area contributed by atoms with Crippen molar-refractivity contribution in [2.45, 2.75) is 38.2 Å². The minimum Gasteiger partial charge on any atom is -0.236 e. The molecule has 1 heterocycles. The van der Waals surface area contributed by atoms with Crippen LogP contribution in [-0.4, -0.2) is 12.7 Å². The van der Waals surface area contributed by atoms with Crippen LogP contribution < -0.4 is 0 Å². The van der Waals surface area contributed by atoms with Gasteiger partial charge in [0.15, 0.2) is 0 Å². The van der Waals surface area contributed by atoms with Crippen molar-refractivity contribution in [3.05, 3.63) is 6.92 Å². The monoisotopic (exact) mass is 143 g/mol. The topological polar surface area (TPSA) is 18.5 Å². The zero-order valence-electron chi connectivity index (χ0n) is 6.34. The molecule has 1 saturated heterocycles. The highest BCUT2D eigenvalue weighted by atomic mass is 17.2. The first-order valence-corrected chi connectivity index (χ1v) is 4.01. The molecule has 1 aliphatic rings. The van der Waals surface area contributed by atoms with Crippen LogP contribution in [0.2, 0.25) is 0 Å². The molecule has 1 atom stereocenters. The van der Waals surface area contributed by atoms with E-state index in [4.69, 9.17) is 9.78 Å². The van der Waals surface area contributed by atoms with Crippen molar-refractivity contribution < 1.29 is 9.78 Å². The summed E-state index contributed by atoms with van der Waals surface area (Å²) in [6, 6.07) is 0. The van der Waals surface area contributed by atoms with E-state index in [9.17, 15) is 0 Å². The smallest absolute Gasteiger partial charge is 0.0953 e. The summed E-state index contributed by atoms with van der Waals surface area (Å²) in [5.41, 5.74) is 0. The van der Waals surface area contributed by atoms with Crippen molar-refractivity contribution in [3.63, 3.8) is 0 Å². The van der Waals surface area contributed by atoms with E-state index in [1.165, 1.54) is 12.8 Å². The summed E-state index contributed by atoms with van der Waals surface area (Å²) in [7, 11) is 0. The molecule has 0 aromatic carbocycles. The van der Waals surface area contributed by atoms with Crippen LogP contribution >= 0.6 is 0 Å². The largest absolute Gasteiger partial charge is 0.236 e. The predicted octanol–water partition coefficient (Wildman–Crippen LogP) is 2.10. The Morgan fingerprint density at radius 1 is 1.40 bits per heavy atom. The Balaban J connectivity index is 1.91. The van der Waals surface area contributed by atoms with E-state index in [1.54, 1.807) is 0 Å². The normalized spacial score (nSPS) is 25.5. The molecule has 0 aromatic rings. The van der Waals surface area contributed by atoms with Gasteiger partial charge in [-0.25, -0.2) is 9.78 Å². The van der Waals surface area contributed by atoms with Gasteiger partial charge >= 0.3 is 0 Å². The lowest BCUT2D eigenvalue weighted by atomic mass is 10.1. The van der Waals surface area contributed by atoms with Gasteiger partial charge in [-0.2, -0.15) is 0 Å². The summed E-state index contributed by atoms with van der Waals surface area (Å²) < 4.78 is 0. The Labute approximate surface area is 62.4 Å². The Hall–Kier alpha value is -0.0800. The molecule has 0 bridgehead atoms. The summed E-state index contributed by atoms with van der Waals surface area (Å²) >= 11 is 0.